The van der Waals surface area contributed by atoms with Crippen molar-refractivity contribution in [3.63, 3.8) is 0 Å². The van der Waals surface area contributed by atoms with E-state index in [0.717, 1.165) is 16.8 Å². The molecule has 4 rings (SSSR count). The highest BCUT2D eigenvalue weighted by atomic mass is 16.5. The minimum Gasteiger partial charge on any atom is -0.489 e. The molecule has 0 bridgehead atoms. The van der Waals surface area contributed by atoms with Crippen LogP contribution in [0.5, 0.6) is 5.75 Å². The van der Waals surface area contributed by atoms with Crippen molar-refractivity contribution in [1.29, 1.82) is 5.26 Å². The molecule has 0 radical (unpaired) electrons. The van der Waals surface area contributed by atoms with E-state index < -0.39 is 5.41 Å². The zero-order chi connectivity index (χ0) is 25.4. The summed E-state index contributed by atoms with van der Waals surface area (Å²) in [5.74, 6) is 0.701. The van der Waals surface area contributed by atoms with Gasteiger partial charge in [0, 0.05) is 29.5 Å². The van der Waals surface area contributed by atoms with Gasteiger partial charge < -0.3 is 4.74 Å². The average Bonchev–Trinajstić information content (AvgIpc) is 3.19. The number of anilines is 1. The summed E-state index contributed by atoms with van der Waals surface area (Å²) in [7, 11) is 0. The summed E-state index contributed by atoms with van der Waals surface area (Å²) in [6.45, 7) is 9.78. The van der Waals surface area contributed by atoms with E-state index in [1.165, 1.54) is 0 Å². The number of fused-ring (bicyclic) bond motifs is 1. The summed E-state index contributed by atoms with van der Waals surface area (Å²) < 4.78 is 7.60. The Labute approximate surface area is 205 Å². The SMILES string of the molecule is CC.CC(C)C(=O)Nc1nc2cccc(-c3ccc(OCC4=CN=CC(C)(C#N)C=C4)cc3)n2n1. The second kappa shape index (κ2) is 11.3. The van der Waals surface area contributed by atoms with Crippen molar-refractivity contribution in [3.05, 3.63) is 66.4 Å². The fourth-order valence-electron chi connectivity index (χ4n) is 3.13. The quantitative estimate of drug-likeness (QED) is 0.516. The van der Waals surface area contributed by atoms with E-state index in [-0.39, 0.29) is 17.8 Å². The normalized spacial score (nSPS) is 16.7. The van der Waals surface area contributed by atoms with E-state index in [4.69, 9.17) is 4.74 Å². The van der Waals surface area contributed by atoms with Crippen molar-refractivity contribution in [1.82, 2.24) is 14.6 Å². The van der Waals surface area contributed by atoms with Crippen LogP contribution in [0.15, 0.2) is 71.4 Å². The molecule has 1 aromatic carbocycles. The van der Waals surface area contributed by atoms with Crippen LogP contribution in [0.2, 0.25) is 0 Å². The van der Waals surface area contributed by atoms with E-state index in [9.17, 15) is 10.1 Å². The van der Waals surface area contributed by atoms with E-state index in [2.05, 4.69) is 26.5 Å². The molecule has 0 aliphatic carbocycles. The molecule has 1 atom stereocenters. The lowest BCUT2D eigenvalue weighted by Gasteiger charge is -2.09. The highest BCUT2D eigenvalue weighted by molar-refractivity contribution is 5.90. The number of pyridine rings is 1. The summed E-state index contributed by atoms with van der Waals surface area (Å²) in [4.78, 5) is 20.6. The standard InChI is InChI=1S/C25H24N6O2.C2H6/c1-17(2)23(32)29-24-28-22-6-4-5-21(31(22)30-24)19-7-9-20(10-8-19)33-14-18-11-12-25(3,15-26)16-27-13-18;1-2/h4-13,16-17H,14H2,1-3H3,(H,29,30,32);1-2H3. The number of ether oxygens (including phenoxy) is 1. The lowest BCUT2D eigenvalue weighted by molar-refractivity contribution is -0.118. The molecule has 1 aliphatic heterocycles. The number of allylic oxidation sites excluding steroid dienone is 1. The average molecular weight is 471 g/mol. The molecule has 3 heterocycles. The second-order valence-electron chi connectivity index (χ2n) is 8.28. The molecule has 1 unspecified atom stereocenters. The first kappa shape index (κ1) is 25.4. The molecule has 180 valence electrons. The third kappa shape index (κ3) is 6.21. The highest BCUT2D eigenvalue weighted by Crippen LogP contribution is 2.24. The first-order valence-electron chi connectivity index (χ1n) is 11.6. The molecule has 8 nitrogen and oxygen atoms in total. The number of carbonyl (C=O) groups excluding carboxylic acids is 1. The number of nitrogens with zero attached hydrogens (tertiary/aromatic N) is 5. The van der Waals surface area contributed by atoms with Gasteiger partial charge in [-0.2, -0.15) is 10.2 Å². The number of rotatable bonds is 6. The molecule has 1 aliphatic rings. The second-order valence-corrected chi connectivity index (χ2v) is 8.28. The lowest BCUT2D eigenvalue weighted by Crippen LogP contribution is -2.18. The van der Waals surface area contributed by atoms with Gasteiger partial charge in [0.1, 0.15) is 17.8 Å². The van der Waals surface area contributed by atoms with E-state index >= 15 is 0 Å². The van der Waals surface area contributed by atoms with Crippen LogP contribution in [0.1, 0.15) is 34.6 Å². The topological polar surface area (TPSA) is 105 Å². The number of nitrogens with one attached hydrogen (secondary N) is 1. The number of aliphatic imine (C=N–C) groups is 1. The van der Waals surface area contributed by atoms with Crippen molar-refractivity contribution in [3.8, 4) is 23.1 Å². The van der Waals surface area contributed by atoms with Crippen LogP contribution in [-0.2, 0) is 4.79 Å². The van der Waals surface area contributed by atoms with Crippen molar-refractivity contribution >= 4 is 23.7 Å². The summed E-state index contributed by atoms with van der Waals surface area (Å²) >= 11 is 0. The Balaban J connectivity index is 0.00000167. The number of aromatic nitrogens is 3. The largest absolute Gasteiger partial charge is 0.489 e. The zero-order valence-corrected chi connectivity index (χ0v) is 20.7. The van der Waals surface area contributed by atoms with Gasteiger partial charge in [-0.25, -0.2) is 4.52 Å². The first-order chi connectivity index (χ1) is 16.9. The number of amides is 1. The summed E-state index contributed by atoms with van der Waals surface area (Å²) in [5.41, 5.74) is 2.58. The van der Waals surface area contributed by atoms with Crippen molar-refractivity contribution in [2.75, 3.05) is 11.9 Å². The van der Waals surface area contributed by atoms with Crippen LogP contribution in [0.25, 0.3) is 16.9 Å². The Kier molecular flexibility index (Phi) is 8.16. The maximum absolute atomic E-state index is 12.0. The monoisotopic (exact) mass is 470 g/mol. The van der Waals surface area contributed by atoms with Gasteiger partial charge in [-0.15, -0.1) is 5.10 Å². The molecule has 1 N–H and O–H groups in total. The van der Waals surface area contributed by atoms with Crippen molar-refractivity contribution < 1.29 is 9.53 Å². The van der Waals surface area contributed by atoms with E-state index in [0.29, 0.717) is 18.0 Å². The van der Waals surface area contributed by atoms with Crippen LogP contribution < -0.4 is 10.1 Å². The van der Waals surface area contributed by atoms with Crippen LogP contribution >= 0.6 is 0 Å². The van der Waals surface area contributed by atoms with Gasteiger partial charge in [-0.1, -0.05) is 45.9 Å². The fraction of sp³-hybridized carbons (Fsp3) is 0.296. The Bertz CT molecular complexity index is 1310. The molecule has 8 heteroatoms. The van der Waals surface area contributed by atoms with Crippen LogP contribution in [0.4, 0.5) is 5.95 Å². The van der Waals surface area contributed by atoms with Crippen LogP contribution in [0.3, 0.4) is 0 Å². The molecule has 35 heavy (non-hydrogen) atoms. The molecule has 3 aromatic rings. The van der Waals surface area contributed by atoms with Gasteiger partial charge in [0.05, 0.1) is 11.8 Å². The first-order valence-corrected chi connectivity index (χ1v) is 11.6. The van der Waals surface area contributed by atoms with Gasteiger partial charge in [-0.05, 0) is 43.3 Å². The Hall–Kier alpha value is -4.25. The Morgan fingerprint density at radius 1 is 1.20 bits per heavy atom. The van der Waals surface area contributed by atoms with Gasteiger partial charge in [0.25, 0.3) is 0 Å². The van der Waals surface area contributed by atoms with Gasteiger partial charge in [0.2, 0.25) is 11.9 Å². The summed E-state index contributed by atoms with van der Waals surface area (Å²) in [6.07, 6.45) is 7.01. The van der Waals surface area contributed by atoms with Gasteiger partial charge in [-0.3, -0.25) is 15.1 Å². The Morgan fingerprint density at radius 3 is 2.63 bits per heavy atom. The molecule has 2 aromatic heterocycles. The molecular formula is C27H30N6O2. The Morgan fingerprint density at radius 2 is 1.94 bits per heavy atom. The number of hydrogen-bond donors (Lipinski definition) is 1. The maximum Gasteiger partial charge on any atom is 0.249 e. The molecule has 0 fully saturated rings. The summed E-state index contributed by atoms with van der Waals surface area (Å²) in [5, 5.41) is 16.4. The number of carbonyl (C=O) groups is 1. The number of benzene rings is 1. The minimum absolute atomic E-state index is 0.129. The van der Waals surface area contributed by atoms with Gasteiger partial charge in [0.15, 0.2) is 5.65 Å². The van der Waals surface area contributed by atoms with Crippen LogP contribution in [0, 0.1) is 22.7 Å². The third-order valence-corrected chi connectivity index (χ3v) is 5.14. The van der Waals surface area contributed by atoms with Crippen molar-refractivity contribution in [2.45, 2.75) is 34.6 Å². The summed E-state index contributed by atoms with van der Waals surface area (Å²) in [6, 6.07) is 15.6. The molecule has 0 saturated heterocycles. The predicted molar refractivity (Wildman–Crippen MR) is 138 cm³/mol. The highest BCUT2D eigenvalue weighted by Gasteiger charge is 2.18. The van der Waals surface area contributed by atoms with Crippen molar-refractivity contribution in [2.24, 2.45) is 16.3 Å². The number of hydrogen-bond acceptors (Lipinski definition) is 6. The maximum atomic E-state index is 12.0. The predicted octanol–water partition coefficient (Wildman–Crippen LogP) is 5.45. The zero-order valence-electron chi connectivity index (χ0n) is 20.7. The fourth-order valence-corrected chi connectivity index (χ4v) is 3.13. The third-order valence-electron chi connectivity index (χ3n) is 5.14. The number of nitriles is 1. The smallest absolute Gasteiger partial charge is 0.249 e. The molecule has 0 saturated carbocycles. The molecule has 1 amide bonds. The van der Waals surface area contributed by atoms with Gasteiger partial charge >= 0.3 is 0 Å². The van der Waals surface area contributed by atoms with Crippen LogP contribution in [-0.4, -0.2) is 33.3 Å². The van der Waals surface area contributed by atoms with E-state index in [1.807, 2.05) is 82.3 Å². The molecular weight excluding hydrogens is 440 g/mol. The van der Waals surface area contributed by atoms with E-state index in [1.54, 1.807) is 23.9 Å². The lowest BCUT2D eigenvalue weighted by atomic mass is 9.94. The minimum atomic E-state index is -0.709. The molecule has 0 spiro atoms.